The second-order valence-corrected chi connectivity index (χ2v) is 4.58. The SMILES string of the molecule is NC1CC(Nc2ccc(Cl)c(Cl)c2F)C1. The Morgan fingerprint density at radius 1 is 1.33 bits per heavy atom. The van der Waals surface area contributed by atoms with E-state index in [1.807, 2.05) is 0 Å². The second-order valence-electron chi connectivity index (χ2n) is 3.80. The molecule has 0 atom stereocenters. The number of nitrogens with one attached hydrogen (secondary N) is 1. The molecule has 1 fully saturated rings. The van der Waals surface area contributed by atoms with Crippen molar-refractivity contribution in [1.29, 1.82) is 0 Å². The molecular weight excluding hydrogens is 238 g/mol. The van der Waals surface area contributed by atoms with Crippen molar-refractivity contribution in [3.63, 3.8) is 0 Å². The van der Waals surface area contributed by atoms with Crippen molar-refractivity contribution in [3.05, 3.63) is 28.0 Å². The average molecular weight is 249 g/mol. The van der Waals surface area contributed by atoms with E-state index in [0.29, 0.717) is 5.69 Å². The molecule has 0 amide bonds. The summed E-state index contributed by atoms with van der Waals surface area (Å²) < 4.78 is 13.6. The zero-order chi connectivity index (χ0) is 11.0. The van der Waals surface area contributed by atoms with Gasteiger partial charge in [-0.1, -0.05) is 23.2 Å². The highest BCUT2D eigenvalue weighted by atomic mass is 35.5. The number of hydrogen-bond donors (Lipinski definition) is 2. The number of anilines is 1. The molecule has 2 nitrogen and oxygen atoms in total. The lowest BCUT2D eigenvalue weighted by molar-refractivity contribution is 0.372. The minimum Gasteiger partial charge on any atom is -0.380 e. The van der Waals surface area contributed by atoms with Gasteiger partial charge in [0.25, 0.3) is 0 Å². The summed E-state index contributed by atoms with van der Waals surface area (Å²) in [5.41, 5.74) is 6.02. The van der Waals surface area contributed by atoms with Crippen LogP contribution in [-0.4, -0.2) is 12.1 Å². The molecule has 0 bridgehead atoms. The van der Waals surface area contributed by atoms with Crippen LogP contribution < -0.4 is 11.1 Å². The predicted octanol–water partition coefficient (Wildman–Crippen LogP) is 3.03. The minimum atomic E-state index is -0.496. The Morgan fingerprint density at radius 3 is 2.60 bits per heavy atom. The lowest BCUT2D eigenvalue weighted by Crippen LogP contribution is -2.44. The molecule has 3 N–H and O–H groups in total. The largest absolute Gasteiger partial charge is 0.380 e. The van der Waals surface area contributed by atoms with Gasteiger partial charge in [0.05, 0.1) is 15.7 Å². The molecule has 0 unspecified atom stereocenters. The molecule has 0 radical (unpaired) electrons. The molecule has 1 aliphatic rings. The van der Waals surface area contributed by atoms with Crippen LogP contribution in [0.15, 0.2) is 12.1 Å². The van der Waals surface area contributed by atoms with Crippen molar-refractivity contribution in [3.8, 4) is 0 Å². The van der Waals surface area contributed by atoms with Crippen molar-refractivity contribution >= 4 is 28.9 Å². The summed E-state index contributed by atoms with van der Waals surface area (Å²) in [5, 5.41) is 3.24. The maximum atomic E-state index is 13.6. The molecule has 2 rings (SSSR count). The van der Waals surface area contributed by atoms with Gasteiger partial charge in [-0.2, -0.15) is 0 Å². The van der Waals surface area contributed by atoms with E-state index in [0.717, 1.165) is 12.8 Å². The van der Waals surface area contributed by atoms with E-state index in [9.17, 15) is 4.39 Å². The van der Waals surface area contributed by atoms with Crippen LogP contribution in [-0.2, 0) is 0 Å². The van der Waals surface area contributed by atoms with Crippen LogP contribution in [0.25, 0.3) is 0 Å². The number of rotatable bonds is 2. The van der Waals surface area contributed by atoms with E-state index in [4.69, 9.17) is 28.9 Å². The quantitative estimate of drug-likeness (QED) is 0.790. The Hall–Kier alpha value is -0.510. The molecule has 82 valence electrons. The first kappa shape index (κ1) is 11.0. The summed E-state index contributed by atoms with van der Waals surface area (Å²) in [6.45, 7) is 0. The normalized spacial score (nSPS) is 24.8. The first-order valence-electron chi connectivity index (χ1n) is 4.73. The van der Waals surface area contributed by atoms with Crippen LogP contribution in [0.5, 0.6) is 0 Å². The molecule has 0 aromatic heterocycles. The zero-order valence-electron chi connectivity index (χ0n) is 7.93. The van der Waals surface area contributed by atoms with Gasteiger partial charge in [-0.3, -0.25) is 0 Å². The van der Waals surface area contributed by atoms with E-state index < -0.39 is 5.82 Å². The summed E-state index contributed by atoms with van der Waals surface area (Å²) in [6.07, 6.45) is 1.72. The predicted molar refractivity (Wildman–Crippen MR) is 61.0 cm³/mol. The van der Waals surface area contributed by atoms with Gasteiger partial charge in [-0.15, -0.1) is 0 Å². The summed E-state index contributed by atoms with van der Waals surface area (Å²) in [7, 11) is 0. The lowest BCUT2D eigenvalue weighted by Gasteiger charge is -2.33. The molecule has 5 heteroatoms. The number of halogens is 3. The van der Waals surface area contributed by atoms with E-state index >= 15 is 0 Å². The standard InChI is InChI=1S/C10H11Cl2FN2/c11-7-1-2-8(10(13)9(7)12)15-6-3-5(14)4-6/h1-2,5-6,15H,3-4,14H2. The molecule has 1 saturated carbocycles. The van der Waals surface area contributed by atoms with Gasteiger partial charge in [0.1, 0.15) is 0 Å². The molecular formula is C10H11Cl2FN2. The molecule has 1 aliphatic carbocycles. The molecule has 0 aliphatic heterocycles. The maximum absolute atomic E-state index is 13.6. The fourth-order valence-electron chi connectivity index (χ4n) is 1.64. The van der Waals surface area contributed by atoms with Crippen molar-refractivity contribution in [2.45, 2.75) is 24.9 Å². The third-order valence-corrected chi connectivity index (χ3v) is 3.35. The summed E-state index contributed by atoms with van der Waals surface area (Å²) in [4.78, 5) is 0. The number of hydrogen-bond acceptors (Lipinski definition) is 2. The molecule has 0 spiro atoms. The topological polar surface area (TPSA) is 38.0 Å². The highest BCUT2D eigenvalue weighted by Gasteiger charge is 2.26. The third kappa shape index (κ3) is 2.19. The summed E-state index contributed by atoms with van der Waals surface area (Å²) in [6, 6.07) is 3.64. The Kier molecular flexibility index (Phi) is 3.05. The molecule has 15 heavy (non-hydrogen) atoms. The van der Waals surface area contributed by atoms with Crippen LogP contribution in [0.3, 0.4) is 0 Å². The first-order chi connectivity index (χ1) is 7.08. The molecule has 1 aromatic carbocycles. The smallest absolute Gasteiger partial charge is 0.166 e. The average Bonchev–Trinajstić information content (AvgIpc) is 2.16. The monoisotopic (exact) mass is 248 g/mol. The van der Waals surface area contributed by atoms with Crippen LogP contribution in [0.2, 0.25) is 10.0 Å². The van der Waals surface area contributed by atoms with Crippen LogP contribution >= 0.6 is 23.2 Å². The Labute approximate surface area is 97.5 Å². The van der Waals surface area contributed by atoms with E-state index in [1.54, 1.807) is 12.1 Å². The zero-order valence-corrected chi connectivity index (χ0v) is 9.45. The Morgan fingerprint density at radius 2 is 2.00 bits per heavy atom. The molecule has 0 saturated heterocycles. The van der Waals surface area contributed by atoms with Gasteiger partial charge < -0.3 is 11.1 Å². The molecule has 1 aromatic rings. The summed E-state index contributed by atoms with van der Waals surface area (Å²) >= 11 is 11.4. The van der Waals surface area contributed by atoms with Crippen LogP contribution in [0.1, 0.15) is 12.8 Å². The van der Waals surface area contributed by atoms with Gasteiger partial charge in [0.15, 0.2) is 5.82 Å². The van der Waals surface area contributed by atoms with Crippen molar-refractivity contribution in [2.24, 2.45) is 5.73 Å². The van der Waals surface area contributed by atoms with Crippen LogP contribution in [0.4, 0.5) is 10.1 Å². The van der Waals surface area contributed by atoms with Crippen LogP contribution in [0, 0.1) is 5.82 Å². The highest BCUT2D eigenvalue weighted by molar-refractivity contribution is 6.42. The second kappa shape index (κ2) is 4.16. The van der Waals surface area contributed by atoms with Gasteiger partial charge >= 0.3 is 0 Å². The fourth-order valence-corrected chi connectivity index (χ4v) is 1.95. The van der Waals surface area contributed by atoms with Crippen molar-refractivity contribution < 1.29 is 4.39 Å². The lowest BCUT2D eigenvalue weighted by atomic mass is 9.87. The molecule has 0 heterocycles. The summed E-state index contributed by atoms with van der Waals surface area (Å²) in [5.74, 6) is -0.496. The van der Waals surface area contributed by atoms with E-state index in [2.05, 4.69) is 5.32 Å². The van der Waals surface area contributed by atoms with Gasteiger partial charge in [-0.05, 0) is 25.0 Å². The minimum absolute atomic E-state index is 0.0368. The van der Waals surface area contributed by atoms with Gasteiger partial charge in [0.2, 0.25) is 0 Å². The first-order valence-corrected chi connectivity index (χ1v) is 5.49. The Bertz CT molecular complexity index is 378. The van der Waals surface area contributed by atoms with Gasteiger partial charge in [-0.25, -0.2) is 4.39 Å². The van der Waals surface area contributed by atoms with Crippen molar-refractivity contribution in [2.75, 3.05) is 5.32 Å². The van der Waals surface area contributed by atoms with Crippen molar-refractivity contribution in [1.82, 2.24) is 0 Å². The number of nitrogens with two attached hydrogens (primary N) is 1. The Balaban J connectivity index is 2.12. The maximum Gasteiger partial charge on any atom is 0.166 e. The van der Waals surface area contributed by atoms with E-state index in [-0.39, 0.29) is 22.1 Å². The number of benzene rings is 1. The van der Waals surface area contributed by atoms with E-state index in [1.165, 1.54) is 0 Å². The third-order valence-electron chi connectivity index (χ3n) is 2.57. The highest BCUT2D eigenvalue weighted by Crippen LogP contribution is 2.32. The fraction of sp³-hybridized carbons (Fsp3) is 0.400. The van der Waals surface area contributed by atoms with Gasteiger partial charge in [0, 0.05) is 12.1 Å².